The number of fused-ring (bicyclic) bond motifs is 1. The summed E-state index contributed by atoms with van der Waals surface area (Å²) in [7, 11) is 0. The maximum atomic E-state index is 13.6. The van der Waals surface area contributed by atoms with Gasteiger partial charge in [0.2, 0.25) is 0 Å². The van der Waals surface area contributed by atoms with E-state index in [9.17, 15) is 4.39 Å². The van der Waals surface area contributed by atoms with Crippen LogP contribution in [0.1, 0.15) is 25.6 Å². The molecule has 0 radical (unpaired) electrons. The zero-order valence-electron chi connectivity index (χ0n) is 10.2. The van der Waals surface area contributed by atoms with Crippen LogP contribution < -0.4 is 0 Å². The lowest BCUT2D eigenvalue weighted by Gasteiger charge is -2.07. The maximum absolute atomic E-state index is 13.6. The summed E-state index contributed by atoms with van der Waals surface area (Å²) in [6.07, 6.45) is 2.86. The minimum Gasteiger partial charge on any atom is -0.328 e. The second-order valence-corrected chi connectivity index (χ2v) is 5.46. The van der Waals surface area contributed by atoms with Crippen molar-refractivity contribution in [3.05, 3.63) is 28.2 Å². The number of aryl methyl sites for hydroxylation is 2. The lowest BCUT2D eigenvalue weighted by atomic mass is 10.3. The molecule has 98 valence electrons. The summed E-state index contributed by atoms with van der Waals surface area (Å²) in [5.74, 6) is 1.21. The molecule has 0 aliphatic rings. The number of nitrogens with zero attached hydrogens (tertiary/aromatic N) is 2. The molecule has 0 saturated carbocycles. The first-order chi connectivity index (χ1) is 8.67. The minimum absolute atomic E-state index is 0.252. The van der Waals surface area contributed by atoms with E-state index in [1.54, 1.807) is 12.1 Å². The summed E-state index contributed by atoms with van der Waals surface area (Å²) in [5, 5.41) is 0. The van der Waals surface area contributed by atoms with Crippen molar-refractivity contribution in [2.45, 2.75) is 32.7 Å². The molecule has 1 aromatic carbocycles. The predicted molar refractivity (Wildman–Crippen MR) is 76.7 cm³/mol. The van der Waals surface area contributed by atoms with Gasteiger partial charge in [-0.2, -0.15) is 0 Å². The molecule has 0 bridgehead atoms. The van der Waals surface area contributed by atoms with E-state index in [0.29, 0.717) is 16.8 Å². The summed E-state index contributed by atoms with van der Waals surface area (Å²) in [5.41, 5.74) is 1.67. The molecule has 0 unspecified atom stereocenters. The molecule has 5 heteroatoms. The number of hydrogen-bond donors (Lipinski definition) is 0. The van der Waals surface area contributed by atoms with Gasteiger partial charge in [0.25, 0.3) is 0 Å². The fourth-order valence-corrected chi connectivity index (χ4v) is 2.51. The summed E-state index contributed by atoms with van der Waals surface area (Å²) in [6.45, 7) is 3.00. The van der Waals surface area contributed by atoms with Crippen LogP contribution in [0.4, 0.5) is 4.39 Å². The zero-order valence-corrected chi connectivity index (χ0v) is 12.6. The molecule has 0 spiro atoms. The Labute approximate surface area is 119 Å². The first kappa shape index (κ1) is 13.8. The van der Waals surface area contributed by atoms with Crippen molar-refractivity contribution in [2.75, 3.05) is 5.88 Å². The standard InChI is InChI=1S/C13H15BrClFN2/c1-2-3-6-18-12-8-10(16)9(14)7-11(12)17-13(18)4-5-15/h7-8H,2-6H2,1H3. The van der Waals surface area contributed by atoms with Crippen molar-refractivity contribution in [2.24, 2.45) is 0 Å². The van der Waals surface area contributed by atoms with E-state index in [4.69, 9.17) is 11.6 Å². The van der Waals surface area contributed by atoms with Crippen LogP contribution in [0.2, 0.25) is 0 Å². The third-order valence-corrected chi connectivity index (χ3v) is 3.72. The number of alkyl halides is 1. The van der Waals surface area contributed by atoms with Crippen molar-refractivity contribution in [3.63, 3.8) is 0 Å². The van der Waals surface area contributed by atoms with Crippen LogP contribution in [0.5, 0.6) is 0 Å². The molecule has 0 aliphatic carbocycles. The minimum atomic E-state index is -0.252. The Morgan fingerprint density at radius 3 is 2.89 bits per heavy atom. The van der Waals surface area contributed by atoms with E-state index in [2.05, 4.69) is 32.4 Å². The maximum Gasteiger partial charge on any atom is 0.139 e. The Morgan fingerprint density at radius 1 is 1.44 bits per heavy atom. The SMILES string of the molecule is CCCCn1c(CCCl)nc2cc(Br)c(F)cc21. The average molecular weight is 334 g/mol. The van der Waals surface area contributed by atoms with Crippen molar-refractivity contribution >= 4 is 38.6 Å². The lowest BCUT2D eigenvalue weighted by molar-refractivity contribution is 0.609. The Bertz CT molecular complexity index is 553. The first-order valence-electron chi connectivity index (χ1n) is 6.07. The number of benzene rings is 1. The first-order valence-corrected chi connectivity index (χ1v) is 7.40. The van der Waals surface area contributed by atoms with Gasteiger partial charge < -0.3 is 4.57 Å². The monoisotopic (exact) mass is 332 g/mol. The molecule has 2 nitrogen and oxygen atoms in total. The molecule has 1 heterocycles. The second kappa shape index (κ2) is 6.02. The molecule has 0 N–H and O–H groups in total. The van der Waals surface area contributed by atoms with Gasteiger partial charge in [-0.25, -0.2) is 9.37 Å². The number of unbranched alkanes of at least 4 members (excludes halogenated alkanes) is 1. The average Bonchev–Trinajstić information content (AvgIpc) is 2.65. The summed E-state index contributed by atoms with van der Waals surface area (Å²) >= 11 is 8.99. The van der Waals surface area contributed by atoms with Crippen LogP contribution >= 0.6 is 27.5 Å². The molecular formula is C13H15BrClFN2. The van der Waals surface area contributed by atoms with Gasteiger partial charge in [0.1, 0.15) is 11.6 Å². The van der Waals surface area contributed by atoms with E-state index < -0.39 is 0 Å². The normalized spacial score (nSPS) is 11.3. The number of rotatable bonds is 5. The highest BCUT2D eigenvalue weighted by Crippen LogP contribution is 2.25. The highest BCUT2D eigenvalue weighted by atomic mass is 79.9. The van der Waals surface area contributed by atoms with E-state index >= 15 is 0 Å². The highest BCUT2D eigenvalue weighted by molar-refractivity contribution is 9.10. The van der Waals surface area contributed by atoms with Crippen molar-refractivity contribution in [1.29, 1.82) is 0 Å². The summed E-state index contributed by atoms with van der Waals surface area (Å²) in [4.78, 5) is 4.54. The van der Waals surface area contributed by atoms with Crippen LogP contribution in [0, 0.1) is 5.82 Å². The van der Waals surface area contributed by atoms with Gasteiger partial charge in [-0.15, -0.1) is 11.6 Å². The van der Waals surface area contributed by atoms with E-state index in [-0.39, 0.29) is 5.82 Å². The van der Waals surface area contributed by atoms with Crippen molar-refractivity contribution < 1.29 is 4.39 Å². The summed E-state index contributed by atoms with van der Waals surface area (Å²) < 4.78 is 16.2. The van der Waals surface area contributed by atoms with Gasteiger partial charge in [-0.1, -0.05) is 13.3 Å². The van der Waals surface area contributed by atoms with Crippen LogP contribution in [0.25, 0.3) is 11.0 Å². The van der Waals surface area contributed by atoms with E-state index in [1.807, 2.05) is 0 Å². The fraction of sp³-hybridized carbons (Fsp3) is 0.462. The molecule has 2 rings (SSSR count). The van der Waals surface area contributed by atoms with Crippen LogP contribution in [-0.4, -0.2) is 15.4 Å². The largest absolute Gasteiger partial charge is 0.328 e. The summed E-state index contributed by atoms with van der Waals surface area (Å²) in [6, 6.07) is 3.27. The Kier molecular flexibility index (Phi) is 4.62. The number of aromatic nitrogens is 2. The molecular weight excluding hydrogens is 319 g/mol. The molecule has 1 aromatic heterocycles. The lowest BCUT2D eigenvalue weighted by Crippen LogP contribution is -2.04. The quantitative estimate of drug-likeness (QED) is 0.736. The third kappa shape index (κ3) is 2.69. The van der Waals surface area contributed by atoms with Gasteiger partial charge in [0.15, 0.2) is 0 Å². The second-order valence-electron chi connectivity index (χ2n) is 4.23. The van der Waals surface area contributed by atoms with Crippen molar-refractivity contribution in [1.82, 2.24) is 9.55 Å². The fourth-order valence-electron chi connectivity index (χ4n) is 2.01. The molecule has 0 fully saturated rings. The van der Waals surface area contributed by atoms with Crippen molar-refractivity contribution in [3.8, 4) is 0 Å². The van der Waals surface area contributed by atoms with E-state index in [0.717, 1.165) is 36.2 Å². The molecule has 0 aliphatic heterocycles. The van der Waals surface area contributed by atoms with Crippen LogP contribution in [-0.2, 0) is 13.0 Å². The third-order valence-electron chi connectivity index (χ3n) is 2.92. The zero-order chi connectivity index (χ0) is 13.1. The van der Waals surface area contributed by atoms with Gasteiger partial charge in [-0.3, -0.25) is 0 Å². The van der Waals surface area contributed by atoms with E-state index in [1.165, 1.54) is 0 Å². The topological polar surface area (TPSA) is 17.8 Å². The number of imidazole rings is 1. The molecule has 2 aromatic rings. The van der Waals surface area contributed by atoms with Crippen LogP contribution in [0.3, 0.4) is 0 Å². The van der Waals surface area contributed by atoms with Gasteiger partial charge in [0.05, 0.1) is 15.5 Å². The Balaban J connectivity index is 2.53. The predicted octanol–water partition coefficient (Wildman–Crippen LogP) is 4.52. The Hall–Kier alpha value is -0.610. The molecule has 0 amide bonds. The highest BCUT2D eigenvalue weighted by Gasteiger charge is 2.12. The smallest absolute Gasteiger partial charge is 0.139 e. The van der Waals surface area contributed by atoms with Gasteiger partial charge in [0, 0.05) is 24.9 Å². The van der Waals surface area contributed by atoms with Crippen LogP contribution in [0.15, 0.2) is 16.6 Å². The van der Waals surface area contributed by atoms with Gasteiger partial charge >= 0.3 is 0 Å². The molecule has 18 heavy (non-hydrogen) atoms. The van der Waals surface area contributed by atoms with Gasteiger partial charge in [-0.05, 0) is 28.4 Å². The molecule has 0 saturated heterocycles. The number of hydrogen-bond acceptors (Lipinski definition) is 1. The molecule has 0 atom stereocenters. The Morgan fingerprint density at radius 2 is 2.22 bits per heavy atom. The number of halogens is 3.